The van der Waals surface area contributed by atoms with Gasteiger partial charge in [0.2, 0.25) is 0 Å². The monoisotopic (exact) mass is 415 g/mol. The average molecular weight is 416 g/mol. The lowest BCUT2D eigenvalue weighted by molar-refractivity contribution is 0.102. The second-order valence-corrected chi connectivity index (χ2v) is 8.76. The summed E-state index contributed by atoms with van der Waals surface area (Å²) in [4.78, 5) is 12.7. The number of anilines is 1. The van der Waals surface area contributed by atoms with Crippen molar-refractivity contribution in [3.8, 4) is 11.5 Å². The van der Waals surface area contributed by atoms with Crippen molar-refractivity contribution in [2.45, 2.75) is 11.8 Å². The first-order valence-corrected chi connectivity index (χ1v) is 10.6. The maximum atomic E-state index is 12.6. The van der Waals surface area contributed by atoms with Crippen molar-refractivity contribution in [2.75, 3.05) is 11.6 Å². The van der Waals surface area contributed by atoms with Gasteiger partial charge in [0.25, 0.3) is 5.91 Å². The van der Waals surface area contributed by atoms with Gasteiger partial charge in [-0.2, -0.15) is 0 Å². The smallest absolute Gasteiger partial charge is 0.255 e. The fourth-order valence-corrected chi connectivity index (χ4v) is 3.27. The van der Waals surface area contributed by atoms with Crippen LogP contribution in [0.15, 0.2) is 71.6 Å². The van der Waals surface area contributed by atoms with E-state index in [2.05, 4.69) is 5.32 Å². The van der Waals surface area contributed by atoms with E-state index in [0.717, 1.165) is 11.8 Å². The molecule has 0 aliphatic carbocycles. The van der Waals surface area contributed by atoms with Crippen LogP contribution in [0.5, 0.6) is 11.5 Å². The Kier molecular flexibility index (Phi) is 5.72. The van der Waals surface area contributed by atoms with Gasteiger partial charge in [-0.15, -0.1) is 0 Å². The van der Waals surface area contributed by atoms with E-state index in [1.807, 2.05) is 31.2 Å². The number of aryl methyl sites for hydroxylation is 1. The van der Waals surface area contributed by atoms with Gasteiger partial charge in [-0.1, -0.05) is 29.3 Å². The van der Waals surface area contributed by atoms with Gasteiger partial charge in [-0.3, -0.25) is 4.79 Å². The van der Waals surface area contributed by atoms with E-state index in [1.54, 1.807) is 18.2 Å². The Hall–Kier alpha value is -2.83. The minimum atomic E-state index is -3.32. The van der Waals surface area contributed by atoms with Crippen LogP contribution in [0, 0.1) is 6.92 Å². The molecule has 0 bridgehead atoms. The molecular formula is C21H18ClNO4S. The average Bonchev–Trinajstić information content (AvgIpc) is 2.65. The van der Waals surface area contributed by atoms with E-state index in [4.69, 9.17) is 16.3 Å². The summed E-state index contributed by atoms with van der Waals surface area (Å²) >= 11 is 6.07. The predicted molar refractivity (Wildman–Crippen MR) is 110 cm³/mol. The number of rotatable bonds is 5. The van der Waals surface area contributed by atoms with Crippen molar-refractivity contribution in [1.82, 2.24) is 0 Å². The van der Waals surface area contributed by atoms with Crippen LogP contribution in [0.25, 0.3) is 0 Å². The van der Waals surface area contributed by atoms with Crippen LogP contribution in [0.2, 0.25) is 5.02 Å². The highest BCUT2D eigenvalue weighted by Crippen LogP contribution is 2.32. The van der Waals surface area contributed by atoms with E-state index in [0.29, 0.717) is 27.8 Å². The molecule has 7 heteroatoms. The molecule has 0 heterocycles. The molecule has 5 nitrogen and oxygen atoms in total. The Morgan fingerprint density at radius 1 is 0.964 bits per heavy atom. The molecule has 0 saturated carbocycles. The van der Waals surface area contributed by atoms with Crippen LogP contribution < -0.4 is 10.1 Å². The van der Waals surface area contributed by atoms with Crippen LogP contribution in [-0.2, 0) is 9.84 Å². The number of ether oxygens (including phenoxy) is 1. The van der Waals surface area contributed by atoms with Gasteiger partial charge in [-0.25, -0.2) is 8.42 Å². The zero-order chi connectivity index (χ0) is 20.3. The molecule has 0 spiro atoms. The highest BCUT2D eigenvalue weighted by molar-refractivity contribution is 7.90. The number of sulfone groups is 1. The van der Waals surface area contributed by atoms with Gasteiger partial charge in [0.05, 0.1) is 10.6 Å². The lowest BCUT2D eigenvalue weighted by atomic mass is 10.2. The van der Waals surface area contributed by atoms with Gasteiger partial charge in [0, 0.05) is 16.8 Å². The first kappa shape index (κ1) is 19.9. The molecule has 3 rings (SSSR count). The third kappa shape index (κ3) is 4.91. The Morgan fingerprint density at radius 3 is 2.21 bits per heavy atom. The zero-order valence-electron chi connectivity index (χ0n) is 15.3. The van der Waals surface area contributed by atoms with E-state index in [1.165, 1.54) is 24.3 Å². The van der Waals surface area contributed by atoms with Crippen LogP contribution in [0.4, 0.5) is 5.69 Å². The lowest BCUT2D eigenvalue weighted by Crippen LogP contribution is -2.13. The SMILES string of the molecule is Cc1ccc(Oc2ccc(Cl)cc2NC(=O)c2ccc(S(C)(=O)=O)cc2)cc1. The summed E-state index contributed by atoms with van der Waals surface area (Å²) in [5, 5.41) is 3.20. The van der Waals surface area contributed by atoms with Crippen LogP contribution in [-0.4, -0.2) is 20.6 Å². The molecule has 0 aromatic heterocycles. The molecule has 1 N–H and O–H groups in total. The van der Waals surface area contributed by atoms with E-state index in [9.17, 15) is 13.2 Å². The van der Waals surface area contributed by atoms with Crippen molar-refractivity contribution in [1.29, 1.82) is 0 Å². The molecule has 1 amide bonds. The van der Waals surface area contributed by atoms with Crippen LogP contribution in [0.1, 0.15) is 15.9 Å². The van der Waals surface area contributed by atoms with Gasteiger partial charge in [0.15, 0.2) is 15.6 Å². The standard InChI is InChI=1S/C21H18ClNO4S/c1-14-3-8-17(9-4-14)27-20-12-7-16(22)13-19(20)23-21(24)15-5-10-18(11-6-15)28(2,25)26/h3-13H,1-2H3,(H,23,24). The van der Waals surface area contributed by atoms with E-state index in [-0.39, 0.29) is 4.90 Å². The molecule has 3 aromatic rings. The number of carbonyl (C=O) groups is 1. The number of amides is 1. The third-order valence-corrected chi connectivity index (χ3v) is 5.35. The van der Waals surface area contributed by atoms with Gasteiger partial charge in [-0.05, 0) is 61.5 Å². The molecule has 28 heavy (non-hydrogen) atoms. The van der Waals surface area contributed by atoms with Crippen molar-refractivity contribution in [3.63, 3.8) is 0 Å². The highest BCUT2D eigenvalue weighted by Gasteiger charge is 2.13. The van der Waals surface area contributed by atoms with Crippen molar-refractivity contribution in [2.24, 2.45) is 0 Å². The lowest BCUT2D eigenvalue weighted by Gasteiger charge is -2.13. The van der Waals surface area contributed by atoms with E-state index < -0.39 is 15.7 Å². The third-order valence-electron chi connectivity index (χ3n) is 3.98. The summed E-state index contributed by atoms with van der Waals surface area (Å²) in [7, 11) is -3.32. The maximum Gasteiger partial charge on any atom is 0.255 e. The minimum absolute atomic E-state index is 0.148. The fourth-order valence-electron chi connectivity index (χ4n) is 2.47. The Morgan fingerprint density at radius 2 is 1.61 bits per heavy atom. The minimum Gasteiger partial charge on any atom is -0.455 e. The van der Waals surface area contributed by atoms with E-state index >= 15 is 0 Å². The summed E-state index contributed by atoms with van der Waals surface area (Å²) in [6.07, 6.45) is 1.11. The second kappa shape index (κ2) is 8.04. The second-order valence-electron chi connectivity index (χ2n) is 6.31. The number of nitrogens with one attached hydrogen (secondary N) is 1. The Labute approximate surface area is 168 Å². The zero-order valence-corrected chi connectivity index (χ0v) is 16.8. The Bertz CT molecular complexity index is 1110. The van der Waals surface area contributed by atoms with Crippen molar-refractivity contribution >= 4 is 33.0 Å². The number of hydrogen-bond donors (Lipinski definition) is 1. The summed E-state index contributed by atoms with van der Waals surface area (Å²) in [6.45, 7) is 1.98. The largest absolute Gasteiger partial charge is 0.455 e. The summed E-state index contributed by atoms with van der Waals surface area (Å²) in [5.41, 5.74) is 1.83. The highest BCUT2D eigenvalue weighted by atomic mass is 35.5. The van der Waals surface area contributed by atoms with Crippen molar-refractivity contribution < 1.29 is 17.9 Å². The molecule has 3 aromatic carbocycles. The number of hydrogen-bond acceptors (Lipinski definition) is 4. The van der Waals surface area contributed by atoms with Gasteiger partial charge in [0.1, 0.15) is 5.75 Å². The molecule has 144 valence electrons. The normalized spacial score (nSPS) is 11.1. The molecule has 0 fully saturated rings. The summed E-state index contributed by atoms with van der Waals surface area (Å²) in [6, 6.07) is 18.1. The summed E-state index contributed by atoms with van der Waals surface area (Å²) < 4.78 is 29.0. The fraction of sp³-hybridized carbons (Fsp3) is 0.0952. The predicted octanol–water partition coefficient (Wildman–Crippen LogP) is 5.10. The maximum absolute atomic E-state index is 12.6. The molecule has 0 unspecified atom stereocenters. The van der Waals surface area contributed by atoms with Gasteiger partial charge >= 0.3 is 0 Å². The molecule has 0 radical (unpaired) electrons. The quantitative estimate of drug-likeness (QED) is 0.629. The molecule has 0 aliphatic heterocycles. The van der Waals surface area contributed by atoms with Crippen LogP contribution >= 0.6 is 11.6 Å². The van der Waals surface area contributed by atoms with Crippen molar-refractivity contribution in [3.05, 3.63) is 82.9 Å². The molecule has 0 aliphatic rings. The molecule has 0 saturated heterocycles. The van der Waals surface area contributed by atoms with Crippen LogP contribution in [0.3, 0.4) is 0 Å². The number of halogens is 1. The molecular weight excluding hydrogens is 398 g/mol. The first-order valence-electron chi connectivity index (χ1n) is 8.38. The van der Waals surface area contributed by atoms with Gasteiger partial charge < -0.3 is 10.1 Å². The topological polar surface area (TPSA) is 72.5 Å². The summed E-state index contributed by atoms with van der Waals surface area (Å²) in [5.74, 6) is 0.659. The Balaban J connectivity index is 1.84. The first-order chi connectivity index (χ1) is 13.2. The molecule has 0 atom stereocenters. The number of benzene rings is 3. The number of carbonyl (C=O) groups excluding carboxylic acids is 1.